The quantitative estimate of drug-likeness (QED) is 0.407. The van der Waals surface area contributed by atoms with Crippen molar-refractivity contribution in [3.05, 3.63) is 83.9 Å². The van der Waals surface area contributed by atoms with Gasteiger partial charge < -0.3 is 0 Å². The molecule has 2 aliphatic carbocycles. The summed E-state index contributed by atoms with van der Waals surface area (Å²) < 4.78 is 29.3. The average molecular weight is 466 g/mol. The van der Waals surface area contributed by atoms with Gasteiger partial charge in [0.1, 0.15) is 0 Å². The van der Waals surface area contributed by atoms with E-state index in [-0.39, 0.29) is 11.3 Å². The normalized spacial score (nSPS) is 24.8. The molecule has 0 saturated heterocycles. The van der Waals surface area contributed by atoms with Gasteiger partial charge >= 0.3 is 10.3 Å². The van der Waals surface area contributed by atoms with Gasteiger partial charge in [-0.3, -0.25) is 4.18 Å². The summed E-state index contributed by atoms with van der Waals surface area (Å²) >= 11 is 0. The second-order valence-corrected chi connectivity index (χ2v) is 10.6. The van der Waals surface area contributed by atoms with Crippen molar-refractivity contribution in [3.63, 3.8) is 0 Å². The average Bonchev–Trinajstić information content (AvgIpc) is 3.31. The lowest BCUT2D eigenvalue weighted by molar-refractivity contribution is 0.151. The molecule has 0 aliphatic heterocycles. The van der Waals surface area contributed by atoms with Crippen LogP contribution in [0.4, 0.5) is 0 Å². The summed E-state index contributed by atoms with van der Waals surface area (Å²) in [7, 11) is -4.04. The van der Waals surface area contributed by atoms with Crippen LogP contribution in [0.3, 0.4) is 0 Å². The SMILES string of the molecule is C=C(c1ccccc1)[C@@]12CC[C@@H](OS(N)(=O)=O)[C@@H]1CC(CCCCCC)=C2c1ccccc1. The predicted molar refractivity (Wildman–Crippen MR) is 135 cm³/mol. The molecular formula is C28H35NO3S. The van der Waals surface area contributed by atoms with Crippen LogP contribution < -0.4 is 5.14 Å². The Hall–Kier alpha value is -2.21. The van der Waals surface area contributed by atoms with Crippen molar-refractivity contribution >= 4 is 21.5 Å². The van der Waals surface area contributed by atoms with Crippen molar-refractivity contribution in [1.82, 2.24) is 0 Å². The maximum absolute atomic E-state index is 11.9. The van der Waals surface area contributed by atoms with E-state index in [1.165, 1.54) is 36.0 Å². The molecule has 176 valence electrons. The lowest BCUT2D eigenvalue weighted by Crippen LogP contribution is -2.33. The van der Waals surface area contributed by atoms with E-state index in [1.54, 1.807) is 0 Å². The molecule has 2 aromatic carbocycles. The summed E-state index contributed by atoms with van der Waals surface area (Å²) in [4.78, 5) is 0. The molecule has 0 amide bonds. The number of hydrogen-bond acceptors (Lipinski definition) is 3. The fourth-order valence-corrected chi connectivity index (χ4v) is 6.72. The molecule has 1 saturated carbocycles. The topological polar surface area (TPSA) is 69.4 Å². The van der Waals surface area contributed by atoms with Gasteiger partial charge in [-0.05, 0) is 54.4 Å². The largest absolute Gasteiger partial charge is 0.333 e. The summed E-state index contributed by atoms with van der Waals surface area (Å²) in [6, 6.07) is 20.8. The zero-order valence-electron chi connectivity index (χ0n) is 19.5. The van der Waals surface area contributed by atoms with E-state index in [0.29, 0.717) is 6.42 Å². The van der Waals surface area contributed by atoms with Crippen LogP contribution in [0.2, 0.25) is 0 Å². The molecule has 2 N–H and O–H groups in total. The molecule has 33 heavy (non-hydrogen) atoms. The van der Waals surface area contributed by atoms with Crippen molar-refractivity contribution in [3.8, 4) is 0 Å². The Kier molecular flexibility index (Phi) is 7.22. The Morgan fingerprint density at radius 2 is 1.73 bits per heavy atom. The van der Waals surface area contributed by atoms with Crippen molar-refractivity contribution in [1.29, 1.82) is 0 Å². The number of fused-ring (bicyclic) bond motifs is 1. The highest BCUT2D eigenvalue weighted by Gasteiger charge is 2.58. The summed E-state index contributed by atoms with van der Waals surface area (Å²) in [5.41, 5.74) is 5.74. The summed E-state index contributed by atoms with van der Waals surface area (Å²) in [5, 5.41) is 5.34. The van der Waals surface area contributed by atoms with E-state index in [4.69, 9.17) is 9.32 Å². The Balaban J connectivity index is 1.83. The van der Waals surface area contributed by atoms with Crippen LogP contribution in [0, 0.1) is 11.3 Å². The second-order valence-electron chi connectivity index (χ2n) is 9.45. The van der Waals surface area contributed by atoms with Gasteiger partial charge in [-0.25, -0.2) is 5.14 Å². The first-order chi connectivity index (χ1) is 15.9. The highest BCUT2D eigenvalue weighted by Crippen LogP contribution is 2.66. The number of hydrogen-bond donors (Lipinski definition) is 1. The maximum atomic E-state index is 11.9. The highest BCUT2D eigenvalue weighted by atomic mass is 32.2. The number of rotatable bonds is 10. The molecule has 0 heterocycles. The molecule has 0 unspecified atom stereocenters. The van der Waals surface area contributed by atoms with Crippen molar-refractivity contribution in [2.24, 2.45) is 16.5 Å². The summed E-state index contributed by atoms with van der Waals surface area (Å²) in [5.74, 6) is -0.0000811. The third-order valence-electron chi connectivity index (χ3n) is 7.48. The minimum absolute atomic E-state index is 0.0000811. The molecule has 2 aromatic rings. The number of unbranched alkanes of at least 4 members (excludes halogenated alkanes) is 3. The molecule has 0 bridgehead atoms. The lowest BCUT2D eigenvalue weighted by atomic mass is 9.66. The first-order valence-electron chi connectivity index (χ1n) is 12.1. The van der Waals surface area contributed by atoms with Crippen molar-refractivity contribution in [2.75, 3.05) is 0 Å². The second kappa shape index (κ2) is 9.96. The summed E-state index contributed by atoms with van der Waals surface area (Å²) in [6.45, 7) is 6.85. The number of allylic oxidation sites excluding steroid dienone is 3. The number of nitrogens with two attached hydrogens (primary N) is 1. The van der Waals surface area contributed by atoms with Crippen LogP contribution in [-0.2, 0) is 14.5 Å². The van der Waals surface area contributed by atoms with E-state index >= 15 is 0 Å². The smallest absolute Gasteiger partial charge is 0.255 e. The Morgan fingerprint density at radius 1 is 1.06 bits per heavy atom. The lowest BCUT2D eigenvalue weighted by Gasteiger charge is -2.37. The predicted octanol–water partition coefficient (Wildman–Crippen LogP) is 6.51. The third-order valence-corrected chi connectivity index (χ3v) is 8.00. The van der Waals surface area contributed by atoms with Crippen molar-refractivity contribution < 1.29 is 12.6 Å². The first-order valence-corrected chi connectivity index (χ1v) is 13.6. The van der Waals surface area contributed by atoms with Gasteiger partial charge in [-0.1, -0.05) is 99.0 Å². The number of benzene rings is 2. The van der Waals surface area contributed by atoms with E-state index in [2.05, 4.69) is 49.9 Å². The van der Waals surface area contributed by atoms with Crippen LogP contribution in [0.5, 0.6) is 0 Å². The standard InChI is InChI=1S/C28H35NO3S/c1-3-4-5-8-17-24-20-25-26(32-33(29,30)31)18-19-28(25,21(2)22-13-9-6-10-14-22)27(24)23-15-11-7-12-16-23/h6-7,9-16,25-26H,2-5,8,17-20H2,1H3,(H2,29,30,31)/t25-,26+,28-/m0/s1. The molecule has 5 heteroatoms. The third kappa shape index (κ3) is 4.86. The zero-order chi connectivity index (χ0) is 23.5. The van der Waals surface area contributed by atoms with E-state index in [0.717, 1.165) is 36.8 Å². The molecule has 0 aromatic heterocycles. The molecule has 4 nitrogen and oxygen atoms in total. The molecule has 2 aliphatic rings. The van der Waals surface area contributed by atoms with Gasteiger partial charge in [-0.15, -0.1) is 0 Å². The molecule has 0 radical (unpaired) electrons. The van der Waals surface area contributed by atoms with Gasteiger partial charge in [-0.2, -0.15) is 8.42 Å². The Bertz CT molecular complexity index is 1110. The van der Waals surface area contributed by atoms with Gasteiger partial charge in [0.15, 0.2) is 0 Å². The van der Waals surface area contributed by atoms with Gasteiger partial charge in [0.2, 0.25) is 0 Å². The fourth-order valence-electron chi connectivity index (χ4n) is 6.14. The monoisotopic (exact) mass is 465 g/mol. The van der Waals surface area contributed by atoms with Crippen LogP contribution >= 0.6 is 0 Å². The first kappa shape index (κ1) is 23.9. The summed E-state index contributed by atoms with van der Waals surface area (Å²) in [6.07, 6.45) is 7.63. The fraction of sp³-hybridized carbons (Fsp3) is 0.429. The minimum Gasteiger partial charge on any atom is -0.255 e. The van der Waals surface area contributed by atoms with Crippen LogP contribution in [0.25, 0.3) is 11.1 Å². The molecule has 3 atom stereocenters. The molecule has 1 fully saturated rings. The van der Waals surface area contributed by atoms with Crippen molar-refractivity contribution in [2.45, 2.75) is 64.4 Å². The van der Waals surface area contributed by atoms with E-state index in [1.807, 2.05) is 24.3 Å². The van der Waals surface area contributed by atoms with Crippen LogP contribution in [0.15, 0.2) is 72.8 Å². The Labute approximate surface area is 198 Å². The van der Waals surface area contributed by atoms with Gasteiger partial charge in [0, 0.05) is 11.3 Å². The van der Waals surface area contributed by atoms with Crippen LogP contribution in [0.1, 0.15) is 69.4 Å². The van der Waals surface area contributed by atoms with Gasteiger partial charge in [0.25, 0.3) is 0 Å². The molecular weight excluding hydrogens is 430 g/mol. The van der Waals surface area contributed by atoms with E-state index in [9.17, 15) is 8.42 Å². The van der Waals surface area contributed by atoms with Crippen LogP contribution in [-0.4, -0.2) is 14.5 Å². The van der Waals surface area contributed by atoms with Gasteiger partial charge in [0.05, 0.1) is 6.10 Å². The zero-order valence-corrected chi connectivity index (χ0v) is 20.3. The molecule has 0 spiro atoms. The maximum Gasteiger partial charge on any atom is 0.333 e. The minimum atomic E-state index is -4.04. The van der Waals surface area contributed by atoms with E-state index < -0.39 is 16.4 Å². The molecule has 4 rings (SSSR count). The Morgan fingerprint density at radius 3 is 2.36 bits per heavy atom. The highest BCUT2D eigenvalue weighted by molar-refractivity contribution is 7.84.